The number of nitrogens with zero attached hydrogens (tertiary/aromatic N) is 1. The summed E-state index contributed by atoms with van der Waals surface area (Å²) in [4.78, 5) is 30.2. The molecule has 2 fully saturated rings. The van der Waals surface area contributed by atoms with Crippen LogP contribution in [0.15, 0.2) is 35.7 Å². The minimum Gasteiger partial charge on any atom is -0.459 e. The van der Waals surface area contributed by atoms with Crippen LogP contribution in [0.3, 0.4) is 0 Å². The van der Waals surface area contributed by atoms with E-state index in [1.54, 1.807) is 6.92 Å². The van der Waals surface area contributed by atoms with Gasteiger partial charge in [0.05, 0.1) is 12.3 Å². The molecule has 2 aromatic rings. The highest BCUT2D eigenvalue weighted by molar-refractivity contribution is 7.13. The van der Waals surface area contributed by atoms with Crippen LogP contribution < -0.4 is 5.32 Å². The number of carbonyl (C=O) groups is 2. The monoisotopic (exact) mass is 444 g/mol. The first-order chi connectivity index (χ1) is 14.8. The standard InChI is InChI=1S/C23H28N2O5S/c1-15(2)9-10-28-12-17-11-23(19(26)29-17)14-22(3,30-20(23)27)18-13-31-21(25-18)24-16-7-5-4-6-8-16/h4-8,13,15,17H,9-12,14H2,1-3H3,(H,24,25)/t17-,22-,23-/m0/s1. The molecule has 0 saturated carbocycles. The Bertz CT molecular complexity index is 946. The number of carbonyl (C=O) groups excluding carboxylic acids is 2. The summed E-state index contributed by atoms with van der Waals surface area (Å²) in [5.74, 6) is -0.505. The molecule has 2 aliphatic rings. The number of hydrogen-bond donors (Lipinski definition) is 1. The SMILES string of the molecule is CC(C)CCOC[C@@H]1C[C@]2(C[C@@](C)(c3csc(Nc4ccccc4)n3)OC2=O)C(=O)O1. The van der Waals surface area contributed by atoms with Gasteiger partial charge in [0.25, 0.3) is 0 Å². The lowest BCUT2D eigenvalue weighted by molar-refractivity contribution is -0.160. The van der Waals surface area contributed by atoms with Gasteiger partial charge in [0.15, 0.2) is 16.1 Å². The van der Waals surface area contributed by atoms with E-state index in [0.29, 0.717) is 30.0 Å². The van der Waals surface area contributed by atoms with Gasteiger partial charge in [-0.1, -0.05) is 32.0 Å². The molecule has 1 aromatic carbocycles. The van der Waals surface area contributed by atoms with Gasteiger partial charge in [-0.2, -0.15) is 0 Å². The molecule has 166 valence electrons. The zero-order chi connectivity index (χ0) is 22.1. The molecule has 7 nitrogen and oxygen atoms in total. The van der Waals surface area contributed by atoms with Crippen LogP contribution in [-0.2, 0) is 29.4 Å². The zero-order valence-electron chi connectivity index (χ0n) is 18.1. The average molecular weight is 445 g/mol. The third-order valence-corrected chi connectivity index (χ3v) is 6.56. The number of aromatic nitrogens is 1. The van der Waals surface area contributed by atoms with Gasteiger partial charge in [0.2, 0.25) is 0 Å². The molecule has 31 heavy (non-hydrogen) atoms. The summed E-state index contributed by atoms with van der Waals surface area (Å²) in [7, 11) is 0. The summed E-state index contributed by atoms with van der Waals surface area (Å²) in [5.41, 5.74) is -0.702. The maximum atomic E-state index is 12.9. The van der Waals surface area contributed by atoms with Crippen LogP contribution in [-0.4, -0.2) is 36.2 Å². The van der Waals surface area contributed by atoms with Crippen LogP contribution >= 0.6 is 11.3 Å². The van der Waals surface area contributed by atoms with Gasteiger partial charge in [-0.25, -0.2) is 4.98 Å². The van der Waals surface area contributed by atoms with Gasteiger partial charge in [-0.3, -0.25) is 9.59 Å². The molecule has 3 heterocycles. The number of esters is 2. The van der Waals surface area contributed by atoms with Gasteiger partial charge in [-0.15, -0.1) is 11.3 Å². The van der Waals surface area contributed by atoms with Crippen molar-refractivity contribution in [2.75, 3.05) is 18.5 Å². The lowest BCUT2D eigenvalue weighted by Gasteiger charge is -2.20. The van der Waals surface area contributed by atoms with Crippen LogP contribution in [0.25, 0.3) is 0 Å². The van der Waals surface area contributed by atoms with E-state index in [1.165, 1.54) is 11.3 Å². The summed E-state index contributed by atoms with van der Waals surface area (Å²) in [6.07, 6.45) is 1.01. The summed E-state index contributed by atoms with van der Waals surface area (Å²) in [6, 6.07) is 9.72. The van der Waals surface area contributed by atoms with E-state index in [-0.39, 0.29) is 12.8 Å². The molecular formula is C23H28N2O5S. The van der Waals surface area contributed by atoms with Crippen LogP contribution in [0.4, 0.5) is 10.8 Å². The Morgan fingerprint density at radius 3 is 2.77 bits per heavy atom. The predicted octanol–water partition coefficient (Wildman–Crippen LogP) is 4.41. The van der Waals surface area contributed by atoms with Gasteiger partial charge in [0.1, 0.15) is 6.10 Å². The van der Waals surface area contributed by atoms with Gasteiger partial charge >= 0.3 is 11.9 Å². The van der Waals surface area contributed by atoms with Crippen molar-refractivity contribution in [2.24, 2.45) is 11.3 Å². The van der Waals surface area contributed by atoms with E-state index in [1.807, 2.05) is 35.7 Å². The largest absolute Gasteiger partial charge is 0.459 e. The van der Waals surface area contributed by atoms with Crippen molar-refractivity contribution in [1.82, 2.24) is 4.98 Å². The molecular weight excluding hydrogens is 416 g/mol. The zero-order valence-corrected chi connectivity index (χ0v) is 18.9. The highest BCUT2D eigenvalue weighted by atomic mass is 32.1. The maximum absolute atomic E-state index is 12.9. The Hall–Kier alpha value is -2.45. The molecule has 2 aliphatic heterocycles. The summed E-state index contributed by atoms with van der Waals surface area (Å²) in [5, 5.41) is 5.81. The highest BCUT2D eigenvalue weighted by Gasteiger charge is 2.65. The van der Waals surface area contributed by atoms with Crippen molar-refractivity contribution < 1.29 is 23.8 Å². The number of para-hydroxylation sites is 1. The third kappa shape index (κ3) is 4.45. The number of benzene rings is 1. The number of nitrogens with one attached hydrogen (secondary N) is 1. The predicted molar refractivity (Wildman–Crippen MR) is 117 cm³/mol. The molecule has 0 aliphatic carbocycles. The minimum atomic E-state index is -1.28. The van der Waals surface area contributed by atoms with Gasteiger partial charge in [-0.05, 0) is 31.4 Å². The maximum Gasteiger partial charge on any atom is 0.324 e. The van der Waals surface area contributed by atoms with Crippen molar-refractivity contribution >= 4 is 34.1 Å². The van der Waals surface area contributed by atoms with Gasteiger partial charge < -0.3 is 19.5 Å². The topological polar surface area (TPSA) is 86.8 Å². The van der Waals surface area contributed by atoms with Crippen molar-refractivity contribution in [3.63, 3.8) is 0 Å². The summed E-state index contributed by atoms with van der Waals surface area (Å²) >= 11 is 1.43. The molecule has 3 atom stereocenters. The third-order valence-electron chi connectivity index (χ3n) is 5.80. The number of hydrogen-bond acceptors (Lipinski definition) is 8. The van der Waals surface area contributed by atoms with Crippen molar-refractivity contribution in [3.05, 3.63) is 41.4 Å². The molecule has 0 amide bonds. The van der Waals surface area contributed by atoms with E-state index < -0.39 is 29.1 Å². The van der Waals surface area contributed by atoms with E-state index in [0.717, 1.165) is 12.1 Å². The fourth-order valence-electron chi connectivity index (χ4n) is 4.06. The quantitative estimate of drug-likeness (QED) is 0.366. The number of ether oxygens (including phenoxy) is 3. The normalized spacial score (nSPS) is 27.7. The van der Waals surface area contributed by atoms with Crippen molar-refractivity contribution in [2.45, 2.75) is 51.7 Å². The average Bonchev–Trinajstić information content (AvgIpc) is 3.38. The number of cyclic esters (lactones) is 2. The second kappa shape index (κ2) is 8.59. The molecule has 4 rings (SSSR count). The molecule has 8 heteroatoms. The van der Waals surface area contributed by atoms with Crippen molar-refractivity contribution in [1.29, 1.82) is 0 Å². The molecule has 1 N–H and O–H groups in total. The molecule has 0 radical (unpaired) electrons. The van der Waals surface area contributed by atoms with Crippen LogP contribution in [0.5, 0.6) is 0 Å². The Morgan fingerprint density at radius 2 is 2.03 bits per heavy atom. The Balaban J connectivity index is 1.43. The first-order valence-corrected chi connectivity index (χ1v) is 11.5. The smallest absolute Gasteiger partial charge is 0.324 e. The molecule has 0 unspecified atom stereocenters. The van der Waals surface area contributed by atoms with Crippen LogP contribution in [0, 0.1) is 11.3 Å². The molecule has 1 spiro atoms. The minimum absolute atomic E-state index is 0.217. The first kappa shape index (κ1) is 21.8. The Labute approximate surface area is 186 Å². The summed E-state index contributed by atoms with van der Waals surface area (Å²) < 4.78 is 16.9. The lowest BCUT2D eigenvalue weighted by atomic mass is 9.78. The van der Waals surface area contributed by atoms with E-state index in [2.05, 4.69) is 24.1 Å². The van der Waals surface area contributed by atoms with Crippen LogP contribution in [0.1, 0.15) is 45.7 Å². The van der Waals surface area contributed by atoms with Gasteiger partial charge in [0, 0.05) is 30.5 Å². The number of thiazole rings is 1. The molecule has 1 aromatic heterocycles. The lowest BCUT2D eigenvalue weighted by Crippen LogP contribution is -2.32. The van der Waals surface area contributed by atoms with E-state index in [4.69, 9.17) is 14.2 Å². The fourth-order valence-corrected chi connectivity index (χ4v) is 4.92. The molecule has 0 bridgehead atoms. The van der Waals surface area contributed by atoms with E-state index >= 15 is 0 Å². The number of anilines is 2. The molecule has 2 saturated heterocycles. The van der Waals surface area contributed by atoms with Crippen LogP contribution in [0.2, 0.25) is 0 Å². The second-order valence-electron chi connectivity index (χ2n) is 8.90. The Morgan fingerprint density at radius 1 is 1.26 bits per heavy atom. The van der Waals surface area contributed by atoms with Crippen molar-refractivity contribution in [3.8, 4) is 0 Å². The highest BCUT2D eigenvalue weighted by Crippen LogP contribution is 2.52. The first-order valence-electron chi connectivity index (χ1n) is 10.6. The summed E-state index contributed by atoms with van der Waals surface area (Å²) in [6.45, 7) is 6.97. The Kier molecular flexibility index (Phi) is 6.03. The fraction of sp³-hybridized carbons (Fsp3) is 0.522. The second-order valence-corrected chi connectivity index (χ2v) is 9.76. The van der Waals surface area contributed by atoms with E-state index in [9.17, 15) is 9.59 Å². The number of rotatable bonds is 8.